The predicted molar refractivity (Wildman–Crippen MR) is 110 cm³/mol. The SMILES string of the molecule is CC(=O)Nc1ccc(OCC(O)CNCCOc2ccc(C(N)=O)cc2)c(C)c1. The number of amides is 2. The van der Waals surface area contributed by atoms with E-state index < -0.39 is 12.0 Å². The summed E-state index contributed by atoms with van der Waals surface area (Å²) in [7, 11) is 0. The molecular formula is C21H27N3O5. The zero-order valence-corrected chi connectivity index (χ0v) is 16.6. The summed E-state index contributed by atoms with van der Waals surface area (Å²) in [4.78, 5) is 22.1. The van der Waals surface area contributed by atoms with Crippen LogP contribution in [0.2, 0.25) is 0 Å². The van der Waals surface area contributed by atoms with Crippen LogP contribution in [0.15, 0.2) is 42.5 Å². The summed E-state index contributed by atoms with van der Waals surface area (Å²) in [6, 6.07) is 11.9. The molecule has 0 aliphatic heterocycles. The molecule has 1 unspecified atom stereocenters. The molecule has 2 rings (SSSR count). The van der Waals surface area contributed by atoms with Crippen LogP contribution in [0.3, 0.4) is 0 Å². The van der Waals surface area contributed by atoms with Gasteiger partial charge in [-0.1, -0.05) is 0 Å². The first kappa shape index (κ1) is 22.2. The maximum Gasteiger partial charge on any atom is 0.248 e. The molecule has 2 aromatic carbocycles. The molecule has 8 nitrogen and oxygen atoms in total. The van der Waals surface area contributed by atoms with E-state index in [-0.39, 0.29) is 12.5 Å². The van der Waals surface area contributed by atoms with Gasteiger partial charge in [0.05, 0.1) is 0 Å². The third kappa shape index (κ3) is 7.81. The Morgan fingerprint density at radius 2 is 1.86 bits per heavy atom. The molecule has 156 valence electrons. The van der Waals surface area contributed by atoms with Crippen molar-refractivity contribution in [1.29, 1.82) is 0 Å². The van der Waals surface area contributed by atoms with Crippen LogP contribution >= 0.6 is 0 Å². The average Bonchev–Trinajstić information content (AvgIpc) is 2.67. The molecule has 0 aliphatic rings. The Morgan fingerprint density at radius 3 is 2.48 bits per heavy atom. The highest BCUT2D eigenvalue weighted by Crippen LogP contribution is 2.22. The smallest absolute Gasteiger partial charge is 0.248 e. The van der Waals surface area contributed by atoms with Crippen LogP contribution in [0.4, 0.5) is 5.69 Å². The molecule has 0 heterocycles. The number of aliphatic hydroxyl groups is 1. The number of carbonyl (C=O) groups is 2. The van der Waals surface area contributed by atoms with Gasteiger partial charge < -0.3 is 30.9 Å². The van der Waals surface area contributed by atoms with Crippen LogP contribution in [-0.4, -0.2) is 49.3 Å². The second-order valence-electron chi connectivity index (χ2n) is 6.57. The van der Waals surface area contributed by atoms with Gasteiger partial charge in [-0.05, 0) is 55.0 Å². The Kier molecular flexibility index (Phi) is 8.45. The predicted octanol–water partition coefficient (Wildman–Crippen LogP) is 1.46. The summed E-state index contributed by atoms with van der Waals surface area (Å²) < 4.78 is 11.2. The first-order valence-corrected chi connectivity index (χ1v) is 9.27. The molecule has 0 spiro atoms. The molecule has 0 bridgehead atoms. The number of primary amides is 1. The summed E-state index contributed by atoms with van der Waals surface area (Å²) in [6.45, 7) is 4.77. The average molecular weight is 401 g/mol. The maximum atomic E-state index is 11.1. The minimum atomic E-state index is -0.681. The van der Waals surface area contributed by atoms with Crippen molar-refractivity contribution >= 4 is 17.5 Å². The summed E-state index contributed by atoms with van der Waals surface area (Å²) in [5.74, 6) is 0.680. The fourth-order valence-corrected chi connectivity index (χ4v) is 2.56. The second-order valence-corrected chi connectivity index (χ2v) is 6.57. The van der Waals surface area contributed by atoms with Gasteiger partial charge in [0.15, 0.2) is 0 Å². The molecule has 2 aromatic rings. The standard InChI is InChI=1S/C21H27N3O5/c1-14-11-17(24-15(2)25)5-8-20(14)29-13-18(26)12-23-9-10-28-19-6-3-16(4-7-19)21(22)27/h3-8,11,18,23,26H,9-10,12-13H2,1-2H3,(H2,22,27)(H,24,25). The van der Waals surface area contributed by atoms with Crippen molar-refractivity contribution in [3.05, 3.63) is 53.6 Å². The Labute approximate surface area is 170 Å². The van der Waals surface area contributed by atoms with E-state index in [1.165, 1.54) is 6.92 Å². The number of ether oxygens (including phenoxy) is 2. The third-order valence-electron chi connectivity index (χ3n) is 3.99. The van der Waals surface area contributed by atoms with Gasteiger partial charge in [0.2, 0.25) is 11.8 Å². The molecule has 0 aromatic heterocycles. The summed E-state index contributed by atoms with van der Waals surface area (Å²) in [5.41, 5.74) is 7.19. The summed E-state index contributed by atoms with van der Waals surface area (Å²) in [6.07, 6.45) is -0.681. The van der Waals surface area contributed by atoms with E-state index in [4.69, 9.17) is 15.2 Å². The number of carbonyl (C=O) groups excluding carboxylic acids is 2. The number of hydrogen-bond acceptors (Lipinski definition) is 6. The van der Waals surface area contributed by atoms with E-state index in [0.29, 0.717) is 42.4 Å². The lowest BCUT2D eigenvalue weighted by Crippen LogP contribution is -2.33. The minimum absolute atomic E-state index is 0.133. The Bertz CT molecular complexity index is 824. The van der Waals surface area contributed by atoms with Crippen molar-refractivity contribution in [2.75, 3.05) is 31.6 Å². The van der Waals surface area contributed by atoms with Crippen molar-refractivity contribution in [2.45, 2.75) is 20.0 Å². The van der Waals surface area contributed by atoms with E-state index in [0.717, 1.165) is 5.56 Å². The molecule has 0 saturated carbocycles. The highest BCUT2D eigenvalue weighted by molar-refractivity contribution is 5.92. The molecule has 0 aliphatic carbocycles. The number of hydrogen-bond donors (Lipinski definition) is 4. The van der Waals surface area contributed by atoms with Crippen molar-refractivity contribution < 1.29 is 24.2 Å². The molecule has 29 heavy (non-hydrogen) atoms. The van der Waals surface area contributed by atoms with E-state index in [1.807, 2.05) is 13.0 Å². The Hall–Kier alpha value is -3.10. The first-order chi connectivity index (χ1) is 13.8. The van der Waals surface area contributed by atoms with Crippen molar-refractivity contribution in [1.82, 2.24) is 5.32 Å². The zero-order chi connectivity index (χ0) is 21.2. The lowest BCUT2D eigenvalue weighted by atomic mass is 10.2. The van der Waals surface area contributed by atoms with Gasteiger partial charge in [0.1, 0.15) is 30.8 Å². The van der Waals surface area contributed by atoms with Crippen LogP contribution in [0, 0.1) is 6.92 Å². The number of anilines is 1. The van der Waals surface area contributed by atoms with Gasteiger partial charge in [-0.15, -0.1) is 0 Å². The number of rotatable bonds is 11. The quantitative estimate of drug-likeness (QED) is 0.423. The minimum Gasteiger partial charge on any atom is -0.492 e. The number of aliphatic hydroxyl groups excluding tert-OH is 1. The highest BCUT2D eigenvalue weighted by Gasteiger charge is 2.08. The highest BCUT2D eigenvalue weighted by atomic mass is 16.5. The normalized spacial score (nSPS) is 11.6. The molecule has 8 heteroatoms. The summed E-state index contributed by atoms with van der Waals surface area (Å²) in [5, 5.41) is 15.8. The Balaban J connectivity index is 1.64. The number of nitrogens with two attached hydrogens (primary N) is 1. The van der Waals surface area contributed by atoms with Crippen LogP contribution in [0.5, 0.6) is 11.5 Å². The number of nitrogens with one attached hydrogen (secondary N) is 2. The molecule has 0 radical (unpaired) electrons. The van der Waals surface area contributed by atoms with Gasteiger partial charge >= 0.3 is 0 Å². The lowest BCUT2D eigenvalue weighted by molar-refractivity contribution is -0.114. The first-order valence-electron chi connectivity index (χ1n) is 9.27. The van der Waals surface area contributed by atoms with E-state index in [9.17, 15) is 14.7 Å². The van der Waals surface area contributed by atoms with Crippen LogP contribution in [0.25, 0.3) is 0 Å². The van der Waals surface area contributed by atoms with Gasteiger partial charge in [0.25, 0.3) is 0 Å². The fourth-order valence-electron chi connectivity index (χ4n) is 2.56. The van der Waals surface area contributed by atoms with E-state index in [2.05, 4.69) is 10.6 Å². The molecule has 1 atom stereocenters. The van der Waals surface area contributed by atoms with Crippen molar-refractivity contribution in [3.63, 3.8) is 0 Å². The third-order valence-corrected chi connectivity index (χ3v) is 3.99. The molecule has 0 fully saturated rings. The van der Waals surface area contributed by atoms with E-state index in [1.54, 1.807) is 36.4 Å². The van der Waals surface area contributed by atoms with Gasteiger partial charge in [-0.25, -0.2) is 0 Å². The lowest BCUT2D eigenvalue weighted by Gasteiger charge is -2.15. The molecule has 0 saturated heterocycles. The molecule has 2 amide bonds. The van der Waals surface area contributed by atoms with E-state index >= 15 is 0 Å². The second kappa shape index (κ2) is 11.0. The van der Waals surface area contributed by atoms with Crippen molar-refractivity contribution in [2.24, 2.45) is 5.73 Å². The summed E-state index contributed by atoms with van der Waals surface area (Å²) >= 11 is 0. The monoisotopic (exact) mass is 401 g/mol. The molecular weight excluding hydrogens is 374 g/mol. The van der Waals surface area contributed by atoms with Crippen LogP contribution in [-0.2, 0) is 4.79 Å². The van der Waals surface area contributed by atoms with Gasteiger partial charge in [-0.2, -0.15) is 0 Å². The van der Waals surface area contributed by atoms with Crippen LogP contribution < -0.4 is 25.8 Å². The topological polar surface area (TPSA) is 123 Å². The number of benzene rings is 2. The fraction of sp³-hybridized carbons (Fsp3) is 0.333. The van der Waals surface area contributed by atoms with Gasteiger partial charge in [0, 0.05) is 31.3 Å². The zero-order valence-electron chi connectivity index (χ0n) is 16.6. The Morgan fingerprint density at radius 1 is 1.14 bits per heavy atom. The van der Waals surface area contributed by atoms with Gasteiger partial charge in [-0.3, -0.25) is 9.59 Å². The molecule has 5 N–H and O–H groups in total. The number of aryl methyl sites for hydroxylation is 1. The van der Waals surface area contributed by atoms with Crippen molar-refractivity contribution in [3.8, 4) is 11.5 Å². The maximum absolute atomic E-state index is 11.1. The van der Waals surface area contributed by atoms with Crippen LogP contribution in [0.1, 0.15) is 22.8 Å². The largest absolute Gasteiger partial charge is 0.492 e.